The predicted octanol–water partition coefficient (Wildman–Crippen LogP) is 4.55. The molecule has 0 radical (unpaired) electrons. The van der Waals surface area contributed by atoms with Crippen LogP contribution in [0.1, 0.15) is 48.3 Å². The van der Waals surface area contributed by atoms with E-state index < -0.39 is 11.9 Å². The largest absolute Gasteiger partial charge is 0.493 e. The average molecular weight is 448 g/mol. The zero-order valence-corrected chi connectivity index (χ0v) is 19.7. The molecule has 1 aliphatic carbocycles. The van der Waals surface area contributed by atoms with Crippen molar-refractivity contribution in [1.82, 2.24) is 5.32 Å². The first-order chi connectivity index (χ1) is 15.9. The summed E-state index contributed by atoms with van der Waals surface area (Å²) in [6, 6.07) is 13.7. The maximum absolute atomic E-state index is 13.6. The lowest BCUT2D eigenvalue weighted by molar-refractivity contribution is -0.136. The summed E-state index contributed by atoms with van der Waals surface area (Å²) < 4.78 is 15.9. The maximum atomic E-state index is 13.6. The number of hydrogen-bond donors (Lipinski definition) is 1. The number of aryl methyl sites for hydroxylation is 1. The van der Waals surface area contributed by atoms with Crippen LogP contribution in [-0.2, 0) is 14.3 Å². The fraction of sp³-hybridized carbons (Fsp3) is 0.333. The molecular formula is C27H29NO5. The number of methoxy groups -OCH3 is 3. The highest BCUT2D eigenvalue weighted by atomic mass is 16.5. The SMILES string of the molecule is COC(=O)C1=C(C)NC2=C(C(=O)C[C@@H](c3ccc(OC)c(OC)c3)C2)[C@H]1c1cccc(C)c1. The number of dihydropyridines is 1. The van der Waals surface area contributed by atoms with Crippen molar-refractivity contribution in [1.29, 1.82) is 0 Å². The highest BCUT2D eigenvalue weighted by Gasteiger charge is 2.41. The van der Waals surface area contributed by atoms with Crippen molar-refractivity contribution in [2.45, 2.75) is 38.5 Å². The molecule has 0 saturated carbocycles. The second kappa shape index (κ2) is 9.14. The smallest absolute Gasteiger partial charge is 0.336 e. The summed E-state index contributed by atoms with van der Waals surface area (Å²) in [5.74, 6) is 0.444. The van der Waals surface area contributed by atoms with Gasteiger partial charge in [-0.25, -0.2) is 4.79 Å². The van der Waals surface area contributed by atoms with Crippen LogP contribution in [0.25, 0.3) is 0 Å². The minimum absolute atomic E-state index is 0.00538. The third kappa shape index (κ3) is 4.13. The van der Waals surface area contributed by atoms with E-state index in [9.17, 15) is 9.59 Å². The van der Waals surface area contributed by atoms with Crippen molar-refractivity contribution in [2.75, 3.05) is 21.3 Å². The van der Waals surface area contributed by atoms with Gasteiger partial charge in [-0.2, -0.15) is 0 Å². The van der Waals surface area contributed by atoms with Gasteiger partial charge in [0.1, 0.15) is 0 Å². The van der Waals surface area contributed by atoms with Gasteiger partial charge < -0.3 is 19.5 Å². The zero-order valence-electron chi connectivity index (χ0n) is 19.7. The molecular weight excluding hydrogens is 418 g/mol. The highest BCUT2D eigenvalue weighted by Crippen LogP contribution is 2.46. The van der Waals surface area contributed by atoms with Crippen LogP contribution in [0, 0.1) is 6.92 Å². The molecule has 0 spiro atoms. The monoisotopic (exact) mass is 447 g/mol. The molecule has 6 nitrogen and oxygen atoms in total. The molecule has 2 aromatic carbocycles. The van der Waals surface area contributed by atoms with E-state index in [1.807, 2.05) is 56.3 Å². The number of benzene rings is 2. The molecule has 6 heteroatoms. The van der Waals surface area contributed by atoms with Gasteiger partial charge in [-0.15, -0.1) is 0 Å². The molecule has 2 aliphatic rings. The minimum atomic E-state index is -0.451. The third-order valence-electron chi connectivity index (χ3n) is 6.49. The van der Waals surface area contributed by atoms with Crippen molar-refractivity contribution in [3.05, 3.63) is 81.7 Å². The second-order valence-electron chi connectivity index (χ2n) is 8.54. The number of carbonyl (C=O) groups excluding carboxylic acids is 2. The van der Waals surface area contributed by atoms with E-state index in [2.05, 4.69) is 5.32 Å². The van der Waals surface area contributed by atoms with Crippen LogP contribution < -0.4 is 14.8 Å². The number of ether oxygens (including phenoxy) is 3. The summed E-state index contributed by atoms with van der Waals surface area (Å²) in [7, 11) is 4.58. The van der Waals surface area contributed by atoms with Crippen LogP contribution in [0.3, 0.4) is 0 Å². The lowest BCUT2D eigenvalue weighted by Gasteiger charge is -2.36. The Balaban J connectivity index is 1.78. The quantitative estimate of drug-likeness (QED) is 0.678. The number of hydrogen-bond acceptors (Lipinski definition) is 6. The number of ketones is 1. The predicted molar refractivity (Wildman–Crippen MR) is 125 cm³/mol. The van der Waals surface area contributed by atoms with E-state index >= 15 is 0 Å². The van der Waals surface area contributed by atoms with Crippen molar-refractivity contribution in [3.63, 3.8) is 0 Å². The van der Waals surface area contributed by atoms with Crippen LogP contribution in [0.2, 0.25) is 0 Å². The van der Waals surface area contributed by atoms with Crippen LogP contribution in [0.4, 0.5) is 0 Å². The summed E-state index contributed by atoms with van der Waals surface area (Å²) in [6.07, 6.45) is 1.01. The van der Waals surface area contributed by atoms with Crippen LogP contribution in [0.15, 0.2) is 65.0 Å². The molecule has 1 heterocycles. The van der Waals surface area contributed by atoms with Gasteiger partial charge in [-0.1, -0.05) is 35.9 Å². The Labute approximate surface area is 194 Å². The third-order valence-corrected chi connectivity index (χ3v) is 6.49. The number of allylic oxidation sites excluding steroid dienone is 3. The van der Waals surface area contributed by atoms with Gasteiger partial charge in [-0.05, 0) is 49.4 Å². The Morgan fingerprint density at radius 1 is 0.939 bits per heavy atom. The van der Waals surface area contributed by atoms with E-state index in [-0.39, 0.29) is 11.7 Å². The van der Waals surface area contributed by atoms with Gasteiger partial charge in [0.05, 0.1) is 26.9 Å². The maximum Gasteiger partial charge on any atom is 0.336 e. The molecule has 1 N–H and O–H groups in total. The van der Waals surface area contributed by atoms with E-state index in [1.165, 1.54) is 7.11 Å². The zero-order chi connectivity index (χ0) is 23.7. The van der Waals surface area contributed by atoms with E-state index in [0.717, 1.165) is 22.4 Å². The summed E-state index contributed by atoms with van der Waals surface area (Å²) in [6.45, 7) is 3.87. The molecule has 2 aromatic rings. The van der Waals surface area contributed by atoms with Gasteiger partial charge in [0.15, 0.2) is 17.3 Å². The van der Waals surface area contributed by atoms with E-state index in [0.29, 0.717) is 41.2 Å². The molecule has 0 amide bonds. The van der Waals surface area contributed by atoms with Crippen molar-refractivity contribution >= 4 is 11.8 Å². The van der Waals surface area contributed by atoms with Crippen molar-refractivity contribution < 1.29 is 23.8 Å². The summed E-state index contributed by atoms with van der Waals surface area (Å²) >= 11 is 0. The molecule has 2 atom stereocenters. The fourth-order valence-corrected chi connectivity index (χ4v) is 4.95. The van der Waals surface area contributed by atoms with Crippen LogP contribution in [-0.4, -0.2) is 33.1 Å². The molecule has 0 aromatic heterocycles. The van der Waals surface area contributed by atoms with Crippen molar-refractivity contribution in [3.8, 4) is 11.5 Å². The molecule has 0 fully saturated rings. The first kappa shape index (κ1) is 22.6. The number of carbonyl (C=O) groups is 2. The molecule has 0 bridgehead atoms. The Hall–Kier alpha value is -3.54. The van der Waals surface area contributed by atoms with E-state index in [4.69, 9.17) is 14.2 Å². The lowest BCUT2D eigenvalue weighted by atomic mass is 9.71. The summed E-state index contributed by atoms with van der Waals surface area (Å²) in [5, 5.41) is 3.36. The Morgan fingerprint density at radius 2 is 1.70 bits per heavy atom. The first-order valence-corrected chi connectivity index (χ1v) is 11.0. The van der Waals surface area contributed by atoms with Crippen LogP contribution >= 0.6 is 0 Å². The van der Waals surface area contributed by atoms with Crippen LogP contribution in [0.5, 0.6) is 11.5 Å². The Bertz CT molecular complexity index is 1180. The number of esters is 1. The Morgan fingerprint density at radius 3 is 2.36 bits per heavy atom. The Kier molecular flexibility index (Phi) is 6.27. The van der Waals surface area contributed by atoms with Gasteiger partial charge in [0, 0.05) is 29.3 Å². The molecule has 4 rings (SSSR count). The average Bonchev–Trinajstić information content (AvgIpc) is 2.82. The van der Waals surface area contributed by atoms with Gasteiger partial charge >= 0.3 is 5.97 Å². The molecule has 33 heavy (non-hydrogen) atoms. The van der Waals surface area contributed by atoms with Crippen molar-refractivity contribution in [2.24, 2.45) is 0 Å². The number of nitrogens with one attached hydrogen (secondary N) is 1. The minimum Gasteiger partial charge on any atom is -0.493 e. The molecule has 0 saturated heterocycles. The molecule has 172 valence electrons. The van der Waals surface area contributed by atoms with Gasteiger partial charge in [0.25, 0.3) is 0 Å². The normalized spacial score (nSPS) is 20.2. The second-order valence-corrected chi connectivity index (χ2v) is 8.54. The van der Waals surface area contributed by atoms with Gasteiger partial charge in [-0.3, -0.25) is 4.79 Å². The molecule has 1 aliphatic heterocycles. The summed E-state index contributed by atoms with van der Waals surface area (Å²) in [5.41, 5.74) is 5.73. The fourth-order valence-electron chi connectivity index (χ4n) is 4.95. The standard InChI is InChI=1S/C27H29NO5/c1-15-7-6-8-18(11-15)25-24(27(30)33-5)16(2)28-20-12-19(13-21(29)26(20)25)17-9-10-22(31-3)23(14-17)32-4/h6-11,14,19,25,28H,12-13H2,1-5H3/t19-,25-/m0/s1. The van der Waals surface area contributed by atoms with Gasteiger partial charge in [0.2, 0.25) is 0 Å². The number of rotatable bonds is 5. The lowest BCUT2D eigenvalue weighted by Crippen LogP contribution is -2.36. The first-order valence-electron chi connectivity index (χ1n) is 11.0. The summed E-state index contributed by atoms with van der Waals surface area (Å²) in [4.78, 5) is 26.4. The highest BCUT2D eigenvalue weighted by molar-refractivity contribution is 6.04. The molecule has 0 unspecified atom stereocenters. The topological polar surface area (TPSA) is 73.9 Å². The number of Topliss-reactive ketones (excluding diaryl/α,β-unsaturated/α-hetero) is 1. The van der Waals surface area contributed by atoms with E-state index in [1.54, 1.807) is 14.2 Å².